The van der Waals surface area contributed by atoms with Crippen LogP contribution in [0.25, 0.3) is 6.08 Å². The fourth-order valence-electron chi connectivity index (χ4n) is 3.45. The van der Waals surface area contributed by atoms with Gasteiger partial charge in [0.15, 0.2) is 0 Å². The van der Waals surface area contributed by atoms with E-state index < -0.39 is 4.92 Å². The van der Waals surface area contributed by atoms with Crippen molar-refractivity contribution in [3.8, 4) is 0 Å². The fourth-order valence-corrected chi connectivity index (χ4v) is 3.45. The van der Waals surface area contributed by atoms with Crippen LogP contribution in [0.3, 0.4) is 0 Å². The predicted octanol–water partition coefficient (Wildman–Crippen LogP) is 3.59. The number of amides is 1. The maximum absolute atomic E-state index is 13.1. The molecule has 1 aliphatic rings. The predicted molar refractivity (Wildman–Crippen MR) is 113 cm³/mol. The number of rotatable bonds is 8. The molecular weight excluding hydrogens is 387 g/mol. The van der Waals surface area contributed by atoms with Crippen LogP contribution in [0.2, 0.25) is 0 Å². The second-order valence-electron chi connectivity index (χ2n) is 7.41. The molecule has 0 bridgehead atoms. The molecule has 2 atom stereocenters. The van der Waals surface area contributed by atoms with Gasteiger partial charge in [0, 0.05) is 43.9 Å². The van der Waals surface area contributed by atoms with Crippen molar-refractivity contribution in [1.29, 1.82) is 0 Å². The van der Waals surface area contributed by atoms with Crippen LogP contribution in [0, 0.1) is 15.9 Å². The summed E-state index contributed by atoms with van der Waals surface area (Å²) in [5.74, 6) is -0.392. The molecule has 158 valence electrons. The maximum atomic E-state index is 13.1. The summed E-state index contributed by atoms with van der Waals surface area (Å²) in [5.41, 5.74) is 8.16. The van der Waals surface area contributed by atoms with E-state index in [2.05, 4.69) is 10.9 Å². The zero-order chi connectivity index (χ0) is 21.5. The van der Waals surface area contributed by atoms with Crippen molar-refractivity contribution in [3.63, 3.8) is 0 Å². The molecule has 0 aromatic heterocycles. The molecule has 8 heteroatoms. The quantitative estimate of drug-likeness (QED) is 0.393. The van der Waals surface area contributed by atoms with E-state index in [0.29, 0.717) is 12.1 Å². The molecule has 2 aromatic rings. The highest BCUT2D eigenvalue weighted by Gasteiger charge is 2.24. The third-order valence-electron chi connectivity index (χ3n) is 5.18. The summed E-state index contributed by atoms with van der Waals surface area (Å²) in [6, 6.07) is 13.1. The van der Waals surface area contributed by atoms with Crippen molar-refractivity contribution in [2.75, 3.05) is 13.6 Å². The number of non-ortho nitro benzene ring substituents is 1. The first-order valence-electron chi connectivity index (χ1n) is 9.86. The Balaban J connectivity index is 1.41. The van der Waals surface area contributed by atoms with Crippen LogP contribution in [-0.4, -0.2) is 35.4 Å². The Morgan fingerprint density at radius 2 is 2.03 bits per heavy atom. The second kappa shape index (κ2) is 10.1. The molecule has 1 saturated heterocycles. The first-order valence-corrected chi connectivity index (χ1v) is 9.86. The summed E-state index contributed by atoms with van der Waals surface area (Å²) in [4.78, 5) is 24.3. The average molecular weight is 412 g/mol. The summed E-state index contributed by atoms with van der Waals surface area (Å²) < 4.78 is 13.1. The van der Waals surface area contributed by atoms with Crippen LogP contribution >= 0.6 is 0 Å². The van der Waals surface area contributed by atoms with Gasteiger partial charge in [-0.15, -0.1) is 0 Å². The van der Waals surface area contributed by atoms with Crippen molar-refractivity contribution in [2.24, 2.45) is 0 Å². The fraction of sp³-hybridized carbons (Fsp3) is 0.318. The lowest BCUT2D eigenvalue weighted by atomic mass is 9.99. The van der Waals surface area contributed by atoms with Gasteiger partial charge in [0.25, 0.3) is 5.69 Å². The van der Waals surface area contributed by atoms with Crippen LogP contribution in [-0.2, 0) is 4.79 Å². The van der Waals surface area contributed by atoms with Crippen LogP contribution in [0.5, 0.6) is 0 Å². The van der Waals surface area contributed by atoms with Crippen LogP contribution in [0.4, 0.5) is 10.1 Å². The van der Waals surface area contributed by atoms with E-state index in [1.165, 1.54) is 30.3 Å². The molecule has 0 saturated carbocycles. The van der Waals surface area contributed by atoms with Gasteiger partial charge in [0.2, 0.25) is 5.91 Å². The molecule has 0 spiro atoms. The minimum Gasteiger partial charge on any atom is -0.342 e. The highest BCUT2D eigenvalue weighted by Crippen LogP contribution is 2.24. The van der Waals surface area contributed by atoms with E-state index in [-0.39, 0.29) is 29.5 Å². The van der Waals surface area contributed by atoms with Gasteiger partial charge in [0.05, 0.1) is 4.92 Å². The molecule has 7 nitrogen and oxygen atoms in total. The second-order valence-corrected chi connectivity index (χ2v) is 7.41. The zero-order valence-corrected chi connectivity index (χ0v) is 16.8. The molecule has 2 aromatic carbocycles. The third kappa shape index (κ3) is 5.95. The Labute approximate surface area is 174 Å². The SMILES string of the molecule is CN(CCCC1CC(c2ccc(F)cc2)NN1)C(=O)/C=C/c1cccc([N+](=O)[O-])c1. The number of nitro groups is 1. The topological polar surface area (TPSA) is 87.5 Å². The van der Waals surface area contributed by atoms with Crippen molar-refractivity contribution in [2.45, 2.75) is 31.3 Å². The van der Waals surface area contributed by atoms with Gasteiger partial charge in [0.1, 0.15) is 5.82 Å². The van der Waals surface area contributed by atoms with Gasteiger partial charge < -0.3 is 4.90 Å². The molecular formula is C22H25FN4O3. The molecule has 2 N–H and O–H groups in total. The Bertz CT molecular complexity index is 917. The lowest BCUT2D eigenvalue weighted by molar-refractivity contribution is -0.384. The molecule has 3 rings (SSSR count). The molecule has 1 heterocycles. The number of hydrazine groups is 1. The summed E-state index contributed by atoms with van der Waals surface area (Å²) >= 11 is 0. The van der Waals surface area contributed by atoms with Gasteiger partial charge in [-0.25, -0.2) is 4.39 Å². The van der Waals surface area contributed by atoms with Crippen LogP contribution in [0.1, 0.15) is 36.4 Å². The number of carbonyl (C=O) groups excluding carboxylic acids is 1. The van der Waals surface area contributed by atoms with Crippen molar-refractivity contribution in [3.05, 3.63) is 81.7 Å². The number of nitro benzene ring substituents is 1. The third-order valence-corrected chi connectivity index (χ3v) is 5.18. The Kier molecular flexibility index (Phi) is 7.26. The number of halogens is 1. The highest BCUT2D eigenvalue weighted by atomic mass is 19.1. The number of carbonyl (C=O) groups is 1. The van der Waals surface area contributed by atoms with Gasteiger partial charge in [-0.1, -0.05) is 24.3 Å². The van der Waals surface area contributed by atoms with Crippen LogP contribution in [0.15, 0.2) is 54.6 Å². The maximum Gasteiger partial charge on any atom is 0.270 e. The van der Waals surface area contributed by atoms with Crippen molar-refractivity contribution in [1.82, 2.24) is 15.8 Å². The monoisotopic (exact) mass is 412 g/mol. The number of nitrogens with one attached hydrogen (secondary N) is 2. The standard InChI is InChI=1S/C22H25FN4O3/c1-26(22(28)12-7-16-4-2-6-20(14-16)27(29)30)13-3-5-19-15-21(25-24-19)17-8-10-18(23)11-9-17/h2,4,6-12,14,19,21,24-25H,3,5,13,15H2,1H3/b12-7+. The normalized spacial score (nSPS) is 18.6. The summed E-state index contributed by atoms with van der Waals surface area (Å²) in [6.07, 6.45) is 5.65. The molecule has 0 radical (unpaired) electrons. The van der Waals surface area contributed by atoms with Crippen LogP contribution < -0.4 is 10.9 Å². The molecule has 0 aliphatic carbocycles. The molecule has 1 fully saturated rings. The largest absolute Gasteiger partial charge is 0.342 e. The molecule has 1 aliphatic heterocycles. The first kappa shape index (κ1) is 21.6. The Morgan fingerprint density at radius 3 is 2.77 bits per heavy atom. The van der Waals surface area contributed by atoms with Gasteiger partial charge in [-0.2, -0.15) is 0 Å². The lowest BCUT2D eigenvalue weighted by Crippen LogP contribution is -2.32. The van der Waals surface area contributed by atoms with Crippen molar-refractivity contribution < 1.29 is 14.1 Å². The number of hydrogen-bond acceptors (Lipinski definition) is 5. The number of benzene rings is 2. The van der Waals surface area contributed by atoms with Gasteiger partial charge >= 0.3 is 0 Å². The smallest absolute Gasteiger partial charge is 0.270 e. The summed E-state index contributed by atoms with van der Waals surface area (Å²) in [7, 11) is 1.74. The minimum atomic E-state index is -0.460. The lowest BCUT2D eigenvalue weighted by Gasteiger charge is -2.16. The van der Waals surface area contributed by atoms with E-state index in [9.17, 15) is 19.3 Å². The molecule has 1 amide bonds. The average Bonchev–Trinajstić information content (AvgIpc) is 3.21. The highest BCUT2D eigenvalue weighted by molar-refractivity contribution is 5.91. The van der Waals surface area contributed by atoms with E-state index in [0.717, 1.165) is 24.8 Å². The van der Waals surface area contributed by atoms with E-state index in [1.54, 1.807) is 42.3 Å². The molecule has 2 unspecified atom stereocenters. The van der Waals surface area contributed by atoms with Gasteiger partial charge in [-0.3, -0.25) is 25.8 Å². The summed E-state index contributed by atoms with van der Waals surface area (Å²) in [6.45, 7) is 0.609. The van der Waals surface area contributed by atoms with Gasteiger partial charge in [-0.05, 0) is 48.6 Å². The summed E-state index contributed by atoms with van der Waals surface area (Å²) in [5, 5.41) is 10.8. The van der Waals surface area contributed by atoms with E-state index in [1.807, 2.05) is 0 Å². The van der Waals surface area contributed by atoms with E-state index >= 15 is 0 Å². The first-order chi connectivity index (χ1) is 14.4. The number of nitrogens with zero attached hydrogens (tertiary/aromatic N) is 2. The zero-order valence-electron chi connectivity index (χ0n) is 16.8. The molecule has 30 heavy (non-hydrogen) atoms. The minimum absolute atomic E-state index is 0.00503. The Hall–Kier alpha value is -3.10. The Morgan fingerprint density at radius 1 is 1.27 bits per heavy atom. The van der Waals surface area contributed by atoms with E-state index in [4.69, 9.17) is 0 Å². The number of likely N-dealkylation sites (N-methyl/N-ethyl adjacent to an activating group) is 1. The van der Waals surface area contributed by atoms with Crippen molar-refractivity contribution >= 4 is 17.7 Å². The number of hydrogen-bond donors (Lipinski definition) is 2.